The topological polar surface area (TPSA) is 208 Å². The van der Waals surface area contributed by atoms with Gasteiger partial charge in [0, 0.05) is 33.3 Å². The summed E-state index contributed by atoms with van der Waals surface area (Å²) in [6, 6.07) is 23.6. The number of anilines is 2. The molecule has 0 atom stereocenters. The van der Waals surface area contributed by atoms with Crippen LogP contribution in [0.1, 0.15) is 41.5 Å². The highest BCUT2D eigenvalue weighted by molar-refractivity contribution is 6.04. The van der Waals surface area contributed by atoms with Crippen molar-refractivity contribution in [1.29, 1.82) is 0 Å². The minimum Gasteiger partial charge on any atom is -0.465 e. The maximum Gasteiger partial charge on any atom is 0.412 e. The lowest BCUT2D eigenvalue weighted by molar-refractivity contribution is 0.0592. The number of nitrogens with one attached hydrogen (secondary N) is 3. The van der Waals surface area contributed by atoms with Crippen molar-refractivity contribution in [2.45, 2.75) is 26.4 Å². The Hall–Kier alpha value is -6.83. The van der Waals surface area contributed by atoms with Crippen molar-refractivity contribution >= 4 is 51.0 Å². The Kier molecular flexibility index (Phi) is 10.3. The van der Waals surface area contributed by atoms with Gasteiger partial charge in [-0.15, -0.1) is 0 Å². The molecule has 0 radical (unpaired) electrons. The van der Waals surface area contributed by atoms with Gasteiger partial charge in [0.1, 0.15) is 5.60 Å². The predicted octanol–water partition coefficient (Wildman–Crippen LogP) is 5.68. The summed E-state index contributed by atoms with van der Waals surface area (Å²) in [7, 11) is 2.56. The molecule has 0 aliphatic carbocycles. The molecule has 0 spiro atoms. The average molecular weight is 691 g/mol. The van der Waals surface area contributed by atoms with E-state index < -0.39 is 23.6 Å². The molecule has 0 fully saturated rings. The van der Waals surface area contributed by atoms with Gasteiger partial charge in [0.15, 0.2) is 0 Å². The summed E-state index contributed by atoms with van der Waals surface area (Å²) in [5, 5.41) is 17.9. The van der Waals surface area contributed by atoms with Crippen LogP contribution in [0.4, 0.5) is 16.2 Å². The van der Waals surface area contributed by atoms with Gasteiger partial charge >= 0.3 is 18.0 Å². The van der Waals surface area contributed by atoms with Crippen LogP contribution in [0.25, 0.3) is 44.1 Å². The number of nitrogens with two attached hydrogens (primary N) is 1. The third-order valence-electron chi connectivity index (χ3n) is 7.42. The summed E-state index contributed by atoms with van der Waals surface area (Å²) < 4.78 is 14.9. The van der Waals surface area contributed by atoms with Crippen LogP contribution >= 0.6 is 0 Å². The predicted molar refractivity (Wildman–Crippen MR) is 193 cm³/mol. The number of hydrogen-bond acceptors (Lipinski definition) is 11. The van der Waals surface area contributed by atoms with Crippen LogP contribution < -0.4 is 22.2 Å². The number of nitrogen functional groups attached to an aromatic ring is 1. The highest BCUT2D eigenvalue weighted by atomic mass is 16.6. The molecule has 260 valence electrons. The summed E-state index contributed by atoms with van der Waals surface area (Å²) >= 11 is 0. The van der Waals surface area contributed by atoms with E-state index in [0.717, 1.165) is 0 Å². The fraction of sp³-hybridized carbons (Fsp3) is 0.162. The molecular weight excluding hydrogens is 656 g/mol. The third kappa shape index (κ3) is 7.91. The molecule has 5 N–H and O–H groups in total. The lowest BCUT2D eigenvalue weighted by Crippen LogP contribution is -2.27. The quantitative estimate of drug-likeness (QED) is 0.0982. The van der Waals surface area contributed by atoms with Crippen molar-refractivity contribution in [1.82, 2.24) is 20.4 Å². The Bertz CT molecular complexity index is 2410. The number of esters is 2. The molecule has 0 unspecified atom stereocenters. The summed E-state index contributed by atoms with van der Waals surface area (Å²) in [4.78, 5) is 60.4. The van der Waals surface area contributed by atoms with Crippen LogP contribution in [-0.2, 0) is 14.2 Å². The number of H-pyrrole nitrogens is 2. The minimum absolute atomic E-state index is 0.186. The maximum absolute atomic E-state index is 12.4. The van der Waals surface area contributed by atoms with Crippen LogP contribution in [0.2, 0.25) is 0 Å². The number of methoxy groups -OCH3 is 2. The Balaban J connectivity index is 0.000000205. The molecule has 51 heavy (non-hydrogen) atoms. The fourth-order valence-corrected chi connectivity index (χ4v) is 5.22. The second-order valence-electron chi connectivity index (χ2n) is 12.1. The first kappa shape index (κ1) is 35.5. The van der Waals surface area contributed by atoms with Crippen LogP contribution in [0, 0.1) is 0 Å². The van der Waals surface area contributed by atoms with Crippen LogP contribution in [0.5, 0.6) is 0 Å². The van der Waals surface area contributed by atoms with Gasteiger partial charge in [-0.3, -0.25) is 14.9 Å². The zero-order valence-electron chi connectivity index (χ0n) is 28.3. The first-order chi connectivity index (χ1) is 24.3. The van der Waals surface area contributed by atoms with Crippen molar-refractivity contribution in [3.63, 3.8) is 0 Å². The molecule has 6 aromatic rings. The molecule has 1 amide bonds. The van der Waals surface area contributed by atoms with Gasteiger partial charge in [0.25, 0.3) is 11.1 Å². The van der Waals surface area contributed by atoms with Crippen LogP contribution in [0.15, 0.2) is 94.5 Å². The zero-order chi connectivity index (χ0) is 36.9. The molecule has 14 nitrogen and oxygen atoms in total. The number of benzene rings is 4. The Morgan fingerprint density at radius 3 is 1.59 bits per heavy atom. The number of carbonyl (C=O) groups excluding carboxylic acids is 3. The second kappa shape index (κ2) is 14.7. The molecule has 14 heteroatoms. The smallest absolute Gasteiger partial charge is 0.412 e. The number of carbonyl (C=O) groups is 3. The number of hydrogen-bond donors (Lipinski definition) is 4. The lowest BCUT2D eigenvalue weighted by Gasteiger charge is -2.20. The molecule has 2 heterocycles. The molecule has 0 saturated carbocycles. The number of rotatable bonds is 5. The van der Waals surface area contributed by atoms with Gasteiger partial charge in [-0.05, 0) is 69.3 Å². The highest BCUT2D eigenvalue weighted by Gasteiger charge is 2.21. The molecule has 4 aromatic carbocycles. The van der Waals surface area contributed by atoms with E-state index in [1.165, 1.54) is 26.4 Å². The van der Waals surface area contributed by atoms with Crippen molar-refractivity contribution in [2.24, 2.45) is 0 Å². The number of aromatic nitrogens is 4. The SMILES string of the molecule is COC(=O)c1cc(N)ccc1-c1n[nH]c(=O)c2ccccc12.COC(=O)c1cc(NC(=O)OC(C)(C)C)ccc1-c1n[nH]c(=O)c2ccccc12. The second-order valence-corrected chi connectivity index (χ2v) is 12.1. The van der Waals surface area contributed by atoms with Crippen molar-refractivity contribution < 1.29 is 28.6 Å². The van der Waals surface area contributed by atoms with E-state index in [1.54, 1.807) is 87.5 Å². The van der Waals surface area contributed by atoms with Gasteiger partial charge in [-0.25, -0.2) is 24.6 Å². The van der Waals surface area contributed by atoms with Crippen molar-refractivity contribution in [3.05, 3.63) is 117 Å². The maximum atomic E-state index is 12.4. The third-order valence-corrected chi connectivity index (χ3v) is 7.42. The van der Waals surface area contributed by atoms with E-state index in [9.17, 15) is 24.0 Å². The van der Waals surface area contributed by atoms with Crippen LogP contribution in [-0.4, -0.2) is 58.2 Å². The van der Waals surface area contributed by atoms with Gasteiger partial charge in [0.2, 0.25) is 0 Å². The lowest BCUT2D eigenvalue weighted by atomic mass is 9.99. The van der Waals surface area contributed by atoms with Crippen LogP contribution in [0.3, 0.4) is 0 Å². The normalized spacial score (nSPS) is 10.9. The molecular formula is C37H34N6O8. The summed E-state index contributed by atoms with van der Waals surface area (Å²) in [5.74, 6) is -1.12. The van der Waals surface area contributed by atoms with Gasteiger partial charge < -0.3 is 19.9 Å². The summed E-state index contributed by atoms with van der Waals surface area (Å²) in [6.45, 7) is 5.26. The molecule has 0 aliphatic heterocycles. The number of ether oxygens (including phenoxy) is 3. The molecule has 0 bridgehead atoms. The largest absolute Gasteiger partial charge is 0.465 e. The fourth-order valence-electron chi connectivity index (χ4n) is 5.22. The van der Waals surface area contributed by atoms with E-state index >= 15 is 0 Å². The number of nitrogens with zero attached hydrogens (tertiary/aromatic N) is 2. The average Bonchev–Trinajstić information content (AvgIpc) is 3.11. The number of amides is 1. The summed E-state index contributed by atoms with van der Waals surface area (Å²) in [6.07, 6.45) is -0.645. The van der Waals surface area contributed by atoms with Gasteiger partial charge in [0.05, 0.1) is 47.5 Å². The standard InChI is InChI=1S/C21H21N3O5.C16H13N3O3/c1-21(2,3)29-20(27)22-12-9-10-14(16(11-12)19(26)28-4)17-13-7-5-6-8-15(13)18(25)24-23-17;1-22-16(21)13-8-9(17)6-7-11(13)14-10-4-2-3-5-12(10)15(20)19-18-14/h5-11H,1-4H3,(H,22,27)(H,24,25);2-8H,17H2,1H3,(H,19,20). The van der Waals surface area contributed by atoms with E-state index in [-0.39, 0.29) is 16.7 Å². The van der Waals surface area contributed by atoms with Crippen molar-refractivity contribution in [3.8, 4) is 22.5 Å². The van der Waals surface area contributed by atoms with E-state index in [0.29, 0.717) is 61.0 Å². The van der Waals surface area contributed by atoms with E-state index in [2.05, 4.69) is 25.7 Å². The first-order valence-corrected chi connectivity index (χ1v) is 15.5. The zero-order valence-corrected chi connectivity index (χ0v) is 28.3. The molecule has 2 aromatic heterocycles. The monoisotopic (exact) mass is 690 g/mol. The molecule has 0 saturated heterocycles. The molecule has 6 rings (SSSR count). The van der Waals surface area contributed by atoms with E-state index in [4.69, 9.17) is 19.9 Å². The Morgan fingerprint density at radius 1 is 0.667 bits per heavy atom. The van der Waals surface area contributed by atoms with Gasteiger partial charge in [-0.2, -0.15) is 10.2 Å². The minimum atomic E-state index is -0.659. The van der Waals surface area contributed by atoms with Gasteiger partial charge in [-0.1, -0.05) is 36.4 Å². The highest BCUT2D eigenvalue weighted by Crippen LogP contribution is 2.31. The first-order valence-electron chi connectivity index (χ1n) is 15.5. The Morgan fingerprint density at radius 2 is 1.12 bits per heavy atom. The number of aromatic amines is 2. The molecule has 0 aliphatic rings. The Labute approximate surface area is 290 Å². The van der Waals surface area contributed by atoms with Crippen molar-refractivity contribution in [2.75, 3.05) is 25.3 Å². The van der Waals surface area contributed by atoms with E-state index in [1.807, 2.05) is 6.07 Å². The number of fused-ring (bicyclic) bond motifs is 2. The summed E-state index contributed by atoms with van der Waals surface area (Å²) in [5.41, 5.74) is 7.69.